The van der Waals surface area contributed by atoms with Crippen LogP contribution in [-0.4, -0.2) is 17.8 Å². The Morgan fingerprint density at radius 3 is 2.41 bits per heavy atom. The highest BCUT2D eigenvalue weighted by Gasteiger charge is 2.28. The molecule has 110 valence electrons. The number of carbonyl (C=O) groups excluding carboxylic acids is 3. The molecule has 22 heavy (non-hydrogen) atoms. The Kier molecular flexibility index (Phi) is 3.06. The molecule has 1 aromatic carbocycles. The van der Waals surface area contributed by atoms with Gasteiger partial charge >= 0.3 is 6.03 Å². The molecule has 2 aromatic rings. The average Bonchev–Trinajstić information content (AvgIpc) is 2.45. The third kappa shape index (κ3) is 2.26. The van der Waals surface area contributed by atoms with Crippen LogP contribution in [0.2, 0.25) is 0 Å². The van der Waals surface area contributed by atoms with E-state index >= 15 is 0 Å². The zero-order valence-corrected chi connectivity index (χ0v) is 10.8. The summed E-state index contributed by atoms with van der Waals surface area (Å²) in [6, 6.07) is 2.48. The first kappa shape index (κ1) is 13.7. The van der Waals surface area contributed by atoms with Crippen molar-refractivity contribution < 1.29 is 23.2 Å². The first-order valence-corrected chi connectivity index (χ1v) is 6.05. The standard InChI is InChI=1S/C14H7FN2O5/c15-7-1-2-10-8(4-7)11(18)6(5-22-10)3-9-12(19)16-14(21)17-13(9)20/h1-5H,(H2,16,17,19,20,21). The number of halogens is 1. The summed E-state index contributed by atoms with van der Waals surface area (Å²) >= 11 is 0. The second kappa shape index (κ2) is 4.92. The quantitative estimate of drug-likeness (QED) is 0.595. The molecule has 7 nitrogen and oxygen atoms in total. The molecule has 1 fully saturated rings. The largest absolute Gasteiger partial charge is 0.463 e. The first-order chi connectivity index (χ1) is 10.5. The highest BCUT2D eigenvalue weighted by atomic mass is 19.1. The fourth-order valence-corrected chi connectivity index (χ4v) is 1.98. The molecule has 2 N–H and O–H groups in total. The van der Waals surface area contributed by atoms with Crippen molar-refractivity contribution in [3.05, 3.63) is 51.6 Å². The van der Waals surface area contributed by atoms with Crippen LogP contribution in [-0.2, 0) is 9.59 Å². The number of benzene rings is 1. The number of hydrogen-bond acceptors (Lipinski definition) is 5. The maximum atomic E-state index is 13.2. The number of imide groups is 2. The number of rotatable bonds is 1. The van der Waals surface area contributed by atoms with Crippen molar-refractivity contribution in [2.75, 3.05) is 0 Å². The van der Waals surface area contributed by atoms with Crippen LogP contribution in [0.3, 0.4) is 0 Å². The molecule has 0 aliphatic carbocycles. The van der Waals surface area contributed by atoms with Crippen molar-refractivity contribution in [3.63, 3.8) is 0 Å². The van der Waals surface area contributed by atoms with Gasteiger partial charge in [0.15, 0.2) is 5.43 Å². The molecule has 4 amide bonds. The zero-order valence-electron chi connectivity index (χ0n) is 10.8. The third-order valence-electron chi connectivity index (χ3n) is 3.00. The van der Waals surface area contributed by atoms with E-state index in [-0.39, 0.29) is 16.5 Å². The van der Waals surface area contributed by atoms with E-state index in [9.17, 15) is 23.6 Å². The number of barbiturate groups is 1. The zero-order chi connectivity index (χ0) is 15.9. The van der Waals surface area contributed by atoms with Gasteiger partial charge in [-0.1, -0.05) is 0 Å². The van der Waals surface area contributed by atoms with Gasteiger partial charge in [0.1, 0.15) is 23.2 Å². The van der Waals surface area contributed by atoms with Crippen molar-refractivity contribution in [3.8, 4) is 0 Å². The fraction of sp³-hybridized carbons (Fsp3) is 0. The molecule has 0 saturated carbocycles. The van der Waals surface area contributed by atoms with Gasteiger partial charge < -0.3 is 4.42 Å². The van der Waals surface area contributed by atoms with Gasteiger partial charge in [-0.25, -0.2) is 9.18 Å². The van der Waals surface area contributed by atoms with Gasteiger partial charge in [0, 0.05) is 0 Å². The van der Waals surface area contributed by atoms with Crippen LogP contribution in [0.1, 0.15) is 5.56 Å². The van der Waals surface area contributed by atoms with Gasteiger partial charge in [-0.15, -0.1) is 0 Å². The summed E-state index contributed by atoms with van der Waals surface area (Å²) in [5.41, 5.74) is -0.984. The Balaban J connectivity index is 2.15. The number of hydrogen-bond donors (Lipinski definition) is 2. The van der Waals surface area contributed by atoms with Crippen LogP contribution >= 0.6 is 0 Å². The molecule has 1 aliphatic heterocycles. The molecular formula is C14H7FN2O5. The minimum absolute atomic E-state index is 0.0259. The summed E-state index contributed by atoms with van der Waals surface area (Å²) < 4.78 is 18.4. The topological polar surface area (TPSA) is 105 Å². The second-order valence-electron chi connectivity index (χ2n) is 4.46. The van der Waals surface area contributed by atoms with Gasteiger partial charge in [0.05, 0.1) is 10.9 Å². The monoisotopic (exact) mass is 302 g/mol. The second-order valence-corrected chi connectivity index (χ2v) is 4.46. The van der Waals surface area contributed by atoms with Gasteiger partial charge in [0.25, 0.3) is 11.8 Å². The van der Waals surface area contributed by atoms with E-state index in [0.717, 1.165) is 24.5 Å². The molecule has 0 radical (unpaired) electrons. The Bertz CT molecular complexity index is 906. The van der Waals surface area contributed by atoms with E-state index < -0.39 is 34.7 Å². The molecule has 0 unspecified atom stereocenters. The maximum absolute atomic E-state index is 13.2. The summed E-state index contributed by atoms with van der Waals surface area (Å²) in [4.78, 5) is 46.4. The number of carbonyl (C=O) groups is 3. The van der Waals surface area contributed by atoms with E-state index in [1.54, 1.807) is 0 Å². The number of nitrogens with one attached hydrogen (secondary N) is 2. The molecular weight excluding hydrogens is 295 g/mol. The smallest absolute Gasteiger partial charge is 0.328 e. The van der Waals surface area contributed by atoms with Crippen LogP contribution in [0.15, 0.2) is 39.2 Å². The molecule has 8 heteroatoms. The molecule has 2 heterocycles. The van der Waals surface area contributed by atoms with Crippen LogP contribution in [0.4, 0.5) is 9.18 Å². The summed E-state index contributed by atoms with van der Waals surface area (Å²) in [5, 5.41) is 3.72. The van der Waals surface area contributed by atoms with Crippen molar-refractivity contribution in [1.29, 1.82) is 0 Å². The molecule has 1 aromatic heterocycles. The van der Waals surface area contributed by atoms with Crippen LogP contribution < -0.4 is 16.1 Å². The summed E-state index contributed by atoms with van der Waals surface area (Å²) in [5.74, 6) is -2.50. The number of amides is 4. The van der Waals surface area contributed by atoms with Gasteiger partial charge in [-0.2, -0.15) is 0 Å². The highest BCUT2D eigenvalue weighted by molar-refractivity contribution is 6.31. The summed E-state index contributed by atoms with van der Waals surface area (Å²) in [6.45, 7) is 0. The minimum atomic E-state index is -0.945. The predicted octanol–water partition coefficient (Wildman–Crippen LogP) is 0.681. The lowest BCUT2D eigenvalue weighted by Gasteiger charge is -2.13. The van der Waals surface area contributed by atoms with Crippen LogP contribution in [0.5, 0.6) is 0 Å². The van der Waals surface area contributed by atoms with Crippen molar-refractivity contribution in [1.82, 2.24) is 10.6 Å². The Morgan fingerprint density at radius 2 is 1.73 bits per heavy atom. The molecule has 1 saturated heterocycles. The number of urea groups is 1. The Labute approximate surface area is 121 Å². The lowest BCUT2D eigenvalue weighted by Crippen LogP contribution is -2.51. The van der Waals surface area contributed by atoms with Gasteiger partial charge in [-0.05, 0) is 24.3 Å². The van der Waals surface area contributed by atoms with E-state index in [4.69, 9.17) is 4.42 Å². The SMILES string of the molecule is O=C1NC(=O)C(=Cc2coc3ccc(F)cc3c2=O)C(=O)N1. The summed E-state index contributed by atoms with van der Waals surface area (Å²) in [6.07, 6.45) is 2.03. The maximum Gasteiger partial charge on any atom is 0.328 e. The fourth-order valence-electron chi connectivity index (χ4n) is 1.98. The van der Waals surface area contributed by atoms with Crippen LogP contribution in [0.25, 0.3) is 17.0 Å². The van der Waals surface area contributed by atoms with E-state index in [2.05, 4.69) is 0 Å². The van der Waals surface area contributed by atoms with Crippen molar-refractivity contribution in [2.24, 2.45) is 0 Å². The predicted molar refractivity (Wildman–Crippen MR) is 72.1 cm³/mol. The molecule has 1 aliphatic rings. The van der Waals surface area contributed by atoms with Gasteiger partial charge in [-0.3, -0.25) is 25.0 Å². The third-order valence-corrected chi connectivity index (χ3v) is 3.00. The Hall–Kier alpha value is -3.29. The van der Waals surface area contributed by atoms with E-state index in [1.807, 2.05) is 10.6 Å². The van der Waals surface area contributed by atoms with Crippen molar-refractivity contribution >= 4 is 34.9 Å². The normalized spacial score (nSPS) is 14.8. The highest BCUT2D eigenvalue weighted by Crippen LogP contribution is 2.15. The van der Waals surface area contributed by atoms with Crippen LogP contribution in [0, 0.1) is 5.82 Å². The van der Waals surface area contributed by atoms with Gasteiger partial charge in [0.2, 0.25) is 0 Å². The molecule has 0 spiro atoms. The van der Waals surface area contributed by atoms with Crippen molar-refractivity contribution in [2.45, 2.75) is 0 Å². The first-order valence-electron chi connectivity index (χ1n) is 6.05. The lowest BCUT2D eigenvalue weighted by molar-refractivity contribution is -0.123. The lowest BCUT2D eigenvalue weighted by atomic mass is 10.1. The minimum Gasteiger partial charge on any atom is -0.463 e. The molecule has 3 rings (SSSR count). The van der Waals surface area contributed by atoms with E-state index in [1.165, 1.54) is 6.07 Å². The van der Waals surface area contributed by atoms with E-state index in [0.29, 0.717) is 0 Å². The Morgan fingerprint density at radius 1 is 1.05 bits per heavy atom. The molecule has 0 atom stereocenters. The number of fused-ring (bicyclic) bond motifs is 1. The average molecular weight is 302 g/mol. The summed E-state index contributed by atoms with van der Waals surface area (Å²) in [7, 11) is 0. The molecule has 0 bridgehead atoms.